The number of hydrogen-bond donors (Lipinski definition) is 0. The lowest BCUT2D eigenvalue weighted by atomic mass is 10.2. The normalized spacial score (nSPS) is 10.1. The Balaban J connectivity index is 1.94. The zero-order valence-electron chi connectivity index (χ0n) is 8.35. The fraction of sp³-hybridized carbons (Fsp3) is 0.0769. The summed E-state index contributed by atoms with van der Waals surface area (Å²) in [5, 5.41) is 0. The quantitative estimate of drug-likeness (QED) is 0.760. The van der Waals surface area contributed by atoms with Crippen LogP contribution in [0.15, 0.2) is 59.7 Å². The summed E-state index contributed by atoms with van der Waals surface area (Å²) in [7, 11) is 0. The van der Waals surface area contributed by atoms with Crippen molar-refractivity contribution in [3.8, 4) is 0 Å². The highest BCUT2D eigenvalue weighted by Gasteiger charge is 2.01. The van der Waals surface area contributed by atoms with Crippen LogP contribution in [-0.4, -0.2) is 0 Å². The summed E-state index contributed by atoms with van der Waals surface area (Å²) in [6, 6.07) is 14.1. The molecule has 15 heavy (non-hydrogen) atoms. The summed E-state index contributed by atoms with van der Waals surface area (Å²) in [5.74, 6) is 1.82. The molecular weight excluding hydrogens is 204 g/mol. The van der Waals surface area contributed by atoms with Crippen LogP contribution >= 0.6 is 11.8 Å². The summed E-state index contributed by atoms with van der Waals surface area (Å²) in [6.45, 7) is 4.05. The molecule has 0 radical (unpaired) electrons. The van der Waals surface area contributed by atoms with Gasteiger partial charge in [0, 0.05) is 4.91 Å². The third-order valence-electron chi connectivity index (χ3n) is 2.06. The van der Waals surface area contributed by atoms with E-state index in [1.165, 1.54) is 5.56 Å². The molecule has 2 heteroatoms. The van der Waals surface area contributed by atoms with Crippen LogP contribution in [0.4, 0.5) is 0 Å². The molecule has 76 valence electrons. The highest BCUT2D eigenvalue weighted by molar-refractivity contribution is 8.07. The van der Waals surface area contributed by atoms with Crippen LogP contribution in [0.1, 0.15) is 11.3 Å². The Morgan fingerprint density at radius 2 is 1.93 bits per heavy atom. The smallest absolute Gasteiger partial charge is 0.113 e. The SMILES string of the molecule is C=C(SCc1ccco1)c1ccccc1. The minimum atomic E-state index is 0.834. The number of thioether (sulfide) groups is 1. The summed E-state index contributed by atoms with van der Waals surface area (Å²) >= 11 is 1.70. The van der Waals surface area contributed by atoms with Crippen molar-refractivity contribution in [2.24, 2.45) is 0 Å². The first-order valence-corrected chi connectivity index (χ1v) is 5.74. The van der Waals surface area contributed by atoms with Crippen LogP contribution in [-0.2, 0) is 5.75 Å². The molecular formula is C13H12OS. The minimum Gasteiger partial charge on any atom is -0.468 e. The van der Waals surface area contributed by atoms with Crippen molar-refractivity contribution < 1.29 is 4.42 Å². The first-order valence-electron chi connectivity index (χ1n) is 4.76. The van der Waals surface area contributed by atoms with Crippen LogP contribution < -0.4 is 0 Å². The molecule has 0 atom stereocenters. The maximum atomic E-state index is 5.26. The minimum absolute atomic E-state index is 0.834. The van der Waals surface area contributed by atoms with E-state index in [1.807, 2.05) is 30.3 Å². The van der Waals surface area contributed by atoms with Crippen molar-refractivity contribution in [3.63, 3.8) is 0 Å². The van der Waals surface area contributed by atoms with Crippen LogP contribution in [0.5, 0.6) is 0 Å². The first-order chi connectivity index (χ1) is 7.36. The van der Waals surface area contributed by atoms with Crippen molar-refractivity contribution in [3.05, 3.63) is 66.6 Å². The third kappa shape index (κ3) is 2.77. The molecule has 0 aliphatic heterocycles. The summed E-state index contributed by atoms with van der Waals surface area (Å²) < 4.78 is 5.26. The van der Waals surface area contributed by atoms with Crippen molar-refractivity contribution in [2.75, 3.05) is 0 Å². The second-order valence-corrected chi connectivity index (χ2v) is 4.23. The predicted molar refractivity (Wildman–Crippen MR) is 65.5 cm³/mol. The molecule has 2 aromatic rings. The largest absolute Gasteiger partial charge is 0.468 e. The molecule has 0 aliphatic rings. The zero-order valence-corrected chi connectivity index (χ0v) is 9.17. The second-order valence-electron chi connectivity index (χ2n) is 3.16. The molecule has 1 aromatic heterocycles. The van der Waals surface area contributed by atoms with Gasteiger partial charge in [-0.25, -0.2) is 0 Å². The van der Waals surface area contributed by atoms with Crippen molar-refractivity contribution in [2.45, 2.75) is 5.75 Å². The van der Waals surface area contributed by atoms with Gasteiger partial charge in [-0.05, 0) is 17.7 Å². The lowest BCUT2D eigenvalue weighted by molar-refractivity contribution is 0.530. The zero-order chi connectivity index (χ0) is 10.5. The maximum absolute atomic E-state index is 5.26. The van der Waals surface area contributed by atoms with Crippen molar-refractivity contribution >= 4 is 16.7 Å². The molecule has 0 spiro atoms. The Bertz CT molecular complexity index is 417. The van der Waals surface area contributed by atoms with Gasteiger partial charge < -0.3 is 4.42 Å². The Morgan fingerprint density at radius 3 is 2.60 bits per heavy atom. The Labute approximate surface area is 93.8 Å². The van der Waals surface area contributed by atoms with E-state index in [4.69, 9.17) is 4.42 Å². The van der Waals surface area contributed by atoms with Crippen LogP contribution in [0.2, 0.25) is 0 Å². The van der Waals surface area contributed by atoms with E-state index in [1.54, 1.807) is 18.0 Å². The van der Waals surface area contributed by atoms with E-state index in [-0.39, 0.29) is 0 Å². The van der Waals surface area contributed by atoms with Crippen LogP contribution in [0.25, 0.3) is 4.91 Å². The number of rotatable bonds is 4. The van der Waals surface area contributed by atoms with Crippen molar-refractivity contribution in [1.29, 1.82) is 0 Å². The van der Waals surface area contributed by atoms with Gasteiger partial charge in [0.1, 0.15) is 5.76 Å². The molecule has 0 saturated carbocycles. The van der Waals surface area contributed by atoms with Crippen LogP contribution in [0, 0.1) is 0 Å². The maximum Gasteiger partial charge on any atom is 0.113 e. The molecule has 0 bridgehead atoms. The molecule has 1 aromatic carbocycles. The van der Waals surface area contributed by atoms with Crippen LogP contribution in [0.3, 0.4) is 0 Å². The van der Waals surface area contributed by atoms with Gasteiger partial charge in [-0.2, -0.15) is 0 Å². The molecule has 1 nitrogen and oxygen atoms in total. The van der Waals surface area contributed by atoms with E-state index in [0.717, 1.165) is 16.4 Å². The molecule has 1 heterocycles. The van der Waals surface area contributed by atoms with Gasteiger partial charge in [-0.15, -0.1) is 11.8 Å². The van der Waals surface area contributed by atoms with Gasteiger partial charge in [-0.3, -0.25) is 0 Å². The van der Waals surface area contributed by atoms with E-state index in [2.05, 4.69) is 18.7 Å². The Hall–Kier alpha value is -1.41. The van der Waals surface area contributed by atoms with E-state index in [9.17, 15) is 0 Å². The number of furan rings is 1. The van der Waals surface area contributed by atoms with Gasteiger partial charge in [0.2, 0.25) is 0 Å². The monoisotopic (exact) mass is 216 g/mol. The van der Waals surface area contributed by atoms with E-state index < -0.39 is 0 Å². The fourth-order valence-electron chi connectivity index (χ4n) is 1.26. The second kappa shape index (κ2) is 4.89. The summed E-state index contributed by atoms with van der Waals surface area (Å²) in [4.78, 5) is 1.08. The van der Waals surface area contributed by atoms with Gasteiger partial charge >= 0.3 is 0 Å². The number of benzene rings is 1. The molecule has 0 amide bonds. The highest BCUT2D eigenvalue weighted by Crippen LogP contribution is 2.28. The van der Waals surface area contributed by atoms with E-state index >= 15 is 0 Å². The molecule has 0 unspecified atom stereocenters. The molecule has 0 fully saturated rings. The Kier molecular flexibility index (Phi) is 3.30. The predicted octanol–water partition coefficient (Wildman–Crippen LogP) is 4.18. The topological polar surface area (TPSA) is 13.1 Å². The highest BCUT2D eigenvalue weighted by atomic mass is 32.2. The first kappa shape index (κ1) is 10.1. The summed E-state index contributed by atoms with van der Waals surface area (Å²) in [6.07, 6.45) is 1.70. The number of hydrogen-bond acceptors (Lipinski definition) is 2. The van der Waals surface area contributed by atoms with Gasteiger partial charge in [-0.1, -0.05) is 36.9 Å². The molecule has 0 N–H and O–H groups in total. The molecule has 0 saturated heterocycles. The van der Waals surface area contributed by atoms with Gasteiger partial charge in [0.25, 0.3) is 0 Å². The lowest BCUT2D eigenvalue weighted by Gasteiger charge is -2.03. The average Bonchev–Trinajstić information content (AvgIpc) is 2.80. The van der Waals surface area contributed by atoms with Gasteiger partial charge in [0.05, 0.1) is 12.0 Å². The lowest BCUT2D eigenvalue weighted by Crippen LogP contribution is -1.79. The average molecular weight is 216 g/mol. The Morgan fingerprint density at radius 1 is 1.13 bits per heavy atom. The summed E-state index contributed by atoms with van der Waals surface area (Å²) in [5.41, 5.74) is 1.18. The van der Waals surface area contributed by atoms with Crippen molar-refractivity contribution in [1.82, 2.24) is 0 Å². The fourth-order valence-corrected chi connectivity index (χ4v) is 2.04. The van der Waals surface area contributed by atoms with Gasteiger partial charge in [0.15, 0.2) is 0 Å². The standard InChI is InChI=1S/C13H12OS/c1-11(12-6-3-2-4-7-12)15-10-13-8-5-9-14-13/h2-9H,1,10H2. The molecule has 2 rings (SSSR count). The van der Waals surface area contributed by atoms with E-state index in [0.29, 0.717) is 0 Å². The third-order valence-corrected chi connectivity index (χ3v) is 3.08. The molecule has 0 aliphatic carbocycles.